The number of nitrogens with zero attached hydrogens (tertiary/aromatic N) is 3. The van der Waals surface area contributed by atoms with Crippen LogP contribution in [0, 0.1) is 23.2 Å². The second kappa shape index (κ2) is 5.98. The molecule has 2 aromatic rings. The molecule has 6 rings (SSSR count). The van der Waals surface area contributed by atoms with Gasteiger partial charge in [0.25, 0.3) is 0 Å². The van der Waals surface area contributed by atoms with Crippen LogP contribution in [0.2, 0.25) is 0 Å². The van der Waals surface area contributed by atoms with Gasteiger partial charge >= 0.3 is 0 Å². The van der Waals surface area contributed by atoms with Crippen LogP contribution < -0.4 is 0 Å². The van der Waals surface area contributed by atoms with Crippen LogP contribution in [0.4, 0.5) is 0 Å². The number of rotatable bonds is 5. The number of hydrogen-bond acceptors (Lipinski definition) is 5. The van der Waals surface area contributed by atoms with Crippen LogP contribution in [0.25, 0.3) is 11.6 Å². The predicted octanol–water partition coefficient (Wildman–Crippen LogP) is 4.34. The average molecular weight is 372 g/mol. The fourth-order valence-corrected chi connectivity index (χ4v) is 7.10. The lowest BCUT2D eigenvalue weighted by Gasteiger charge is -2.56. The van der Waals surface area contributed by atoms with Gasteiger partial charge in [-0.05, 0) is 75.3 Å². The number of carbonyl (C=O) groups excluding carboxylic acids is 1. The molecule has 4 saturated carbocycles. The van der Waals surface area contributed by atoms with E-state index in [4.69, 9.17) is 4.42 Å². The van der Waals surface area contributed by atoms with Crippen LogP contribution in [0.15, 0.2) is 28.0 Å². The summed E-state index contributed by atoms with van der Waals surface area (Å²) >= 11 is 1.54. The molecule has 4 aliphatic carbocycles. The SMILES string of the molecule is C[C@@H](Sc1nnc(-c2ccco2)n1C)C(=O)C12CC3CC(CC(C3)C1)C2. The van der Waals surface area contributed by atoms with Crippen molar-refractivity contribution in [2.24, 2.45) is 30.2 Å². The molecule has 0 aliphatic heterocycles. The Bertz CT molecular complexity index is 791. The van der Waals surface area contributed by atoms with Gasteiger partial charge in [-0.2, -0.15) is 0 Å². The Morgan fingerprint density at radius 1 is 1.23 bits per heavy atom. The van der Waals surface area contributed by atoms with Crippen molar-refractivity contribution in [1.29, 1.82) is 0 Å². The lowest BCUT2D eigenvalue weighted by atomic mass is 9.48. The average Bonchev–Trinajstić information content (AvgIpc) is 3.23. The fraction of sp³-hybridized carbons (Fsp3) is 0.650. The van der Waals surface area contributed by atoms with Gasteiger partial charge in [-0.25, -0.2) is 0 Å². The van der Waals surface area contributed by atoms with Gasteiger partial charge in [-0.15, -0.1) is 10.2 Å². The lowest BCUT2D eigenvalue weighted by molar-refractivity contribution is -0.142. The van der Waals surface area contributed by atoms with Gasteiger partial charge in [0.1, 0.15) is 0 Å². The standard InChI is InChI=1S/C20H25N3O2S/c1-12(26-19-22-21-18(23(19)2)16-4-3-5-25-16)17(24)20-9-13-6-14(10-20)8-15(7-13)11-20/h3-5,12-15H,6-11H2,1-2H3/t12-,13?,14?,15?,20?/m1/s1. The Hall–Kier alpha value is -1.56. The van der Waals surface area contributed by atoms with Crippen LogP contribution in [-0.2, 0) is 11.8 Å². The molecule has 138 valence electrons. The molecule has 1 atom stereocenters. The Balaban J connectivity index is 1.35. The summed E-state index contributed by atoms with van der Waals surface area (Å²) in [6, 6.07) is 3.72. The largest absolute Gasteiger partial charge is 0.461 e. The second-order valence-electron chi connectivity index (χ2n) is 8.66. The van der Waals surface area contributed by atoms with Crippen molar-refractivity contribution in [3.8, 4) is 11.6 Å². The van der Waals surface area contributed by atoms with E-state index in [1.54, 1.807) is 18.0 Å². The molecular weight excluding hydrogens is 346 g/mol. The first-order valence-electron chi connectivity index (χ1n) is 9.68. The van der Waals surface area contributed by atoms with Gasteiger partial charge in [0.05, 0.1) is 11.5 Å². The van der Waals surface area contributed by atoms with Crippen molar-refractivity contribution in [2.45, 2.75) is 55.9 Å². The summed E-state index contributed by atoms with van der Waals surface area (Å²) in [5.74, 6) is 4.23. The molecule has 4 aliphatic rings. The summed E-state index contributed by atoms with van der Waals surface area (Å²) < 4.78 is 7.35. The highest BCUT2D eigenvalue weighted by Gasteiger charge is 2.55. The molecule has 0 amide bonds. The van der Waals surface area contributed by atoms with Gasteiger partial charge in [-0.3, -0.25) is 4.79 Å². The third kappa shape index (κ3) is 2.56. The van der Waals surface area contributed by atoms with E-state index >= 15 is 0 Å². The smallest absolute Gasteiger partial charge is 0.200 e. The third-order valence-corrected chi connectivity index (χ3v) is 7.92. The molecule has 0 saturated heterocycles. The second-order valence-corrected chi connectivity index (χ2v) is 9.97. The number of thioether (sulfide) groups is 1. The predicted molar refractivity (Wildman–Crippen MR) is 99.6 cm³/mol. The van der Waals surface area contributed by atoms with Crippen molar-refractivity contribution >= 4 is 17.5 Å². The first-order chi connectivity index (χ1) is 12.5. The topological polar surface area (TPSA) is 60.9 Å². The van der Waals surface area contributed by atoms with E-state index in [1.165, 1.54) is 19.3 Å². The molecule has 2 heterocycles. The van der Waals surface area contributed by atoms with Gasteiger partial charge < -0.3 is 8.98 Å². The molecule has 4 fully saturated rings. The van der Waals surface area contributed by atoms with E-state index in [-0.39, 0.29) is 10.7 Å². The van der Waals surface area contributed by atoms with Gasteiger partial charge in [0.15, 0.2) is 22.5 Å². The van der Waals surface area contributed by atoms with E-state index in [0.29, 0.717) is 17.4 Å². The zero-order chi connectivity index (χ0) is 17.9. The summed E-state index contributed by atoms with van der Waals surface area (Å²) in [4.78, 5) is 13.5. The number of furan rings is 1. The molecule has 2 aromatic heterocycles. The molecule has 0 spiro atoms. The van der Waals surface area contributed by atoms with Crippen molar-refractivity contribution in [1.82, 2.24) is 14.8 Å². The minimum Gasteiger partial charge on any atom is -0.461 e. The monoisotopic (exact) mass is 371 g/mol. The van der Waals surface area contributed by atoms with Crippen LogP contribution in [-0.4, -0.2) is 25.8 Å². The third-order valence-electron chi connectivity index (χ3n) is 6.79. The van der Waals surface area contributed by atoms with Crippen molar-refractivity contribution < 1.29 is 9.21 Å². The summed E-state index contributed by atoms with van der Waals surface area (Å²) in [6.07, 6.45) is 9.10. The summed E-state index contributed by atoms with van der Waals surface area (Å²) in [6.45, 7) is 2.05. The number of carbonyl (C=O) groups is 1. The number of Topliss-reactive ketones (excluding diaryl/α,β-unsaturated/α-hetero) is 1. The summed E-state index contributed by atoms with van der Waals surface area (Å²) in [5.41, 5.74) is -0.0520. The molecule has 0 aromatic carbocycles. The highest BCUT2D eigenvalue weighted by Crippen LogP contribution is 2.61. The maximum Gasteiger partial charge on any atom is 0.200 e. The Morgan fingerprint density at radius 2 is 1.88 bits per heavy atom. The van der Waals surface area contributed by atoms with E-state index in [1.807, 2.05) is 30.7 Å². The first-order valence-corrected chi connectivity index (χ1v) is 10.6. The number of ketones is 1. The molecule has 0 unspecified atom stereocenters. The number of aromatic nitrogens is 3. The molecule has 6 heteroatoms. The lowest BCUT2D eigenvalue weighted by Crippen LogP contribution is -2.51. The first kappa shape index (κ1) is 16.6. The highest BCUT2D eigenvalue weighted by molar-refractivity contribution is 8.00. The summed E-state index contributed by atoms with van der Waals surface area (Å²) in [5, 5.41) is 9.25. The Kier molecular flexibility index (Phi) is 3.82. The molecular formula is C20H25N3O2S. The minimum absolute atomic E-state index is 0.0520. The summed E-state index contributed by atoms with van der Waals surface area (Å²) in [7, 11) is 1.93. The zero-order valence-corrected chi connectivity index (χ0v) is 16.2. The molecule has 26 heavy (non-hydrogen) atoms. The van der Waals surface area contributed by atoms with Gasteiger partial charge in [0, 0.05) is 12.5 Å². The van der Waals surface area contributed by atoms with Crippen LogP contribution in [0.1, 0.15) is 45.4 Å². The fourth-order valence-electron chi connectivity index (χ4n) is 6.09. The zero-order valence-electron chi connectivity index (χ0n) is 15.4. The van der Waals surface area contributed by atoms with Crippen LogP contribution in [0.3, 0.4) is 0 Å². The van der Waals surface area contributed by atoms with Gasteiger partial charge in [-0.1, -0.05) is 11.8 Å². The minimum atomic E-state index is -0.0846. The van der Waals surface area contributed by atoms with E-state index < -0.39 is 0 Å². The van der Waals surface area contributed by atoms with E-state index in [0.717, 1.165) is 42.2 Å². The van der Waals surface area contributed by atoms with E-state index in [2.05, 4.69) is 10.2 Å². The van der Waals surface area contributed by atoms with Crippen LogP contribution in [0.5, 0.6) is 0 Å². The Morgan fingerprint density at radius 3 is 2.46 bits per heavy atom. The normalized spacial score (nSPS) is 33.5. The molecule has 5 nitrogen and oxygen atoms in total. The van der Waals surface area contributed by atoms with E-state index in [9.17, 15) is 4.79 Å². The quantitative estimate of drug-likeness (QED) is 0.732. The highest BCUT2D eigenvalue weighted by atomic mass is 32.2. The molecule has 0 N–H and O–H groups in total. The van der Waals surface area contributed by atoms with Crippen molar-refractivity contribution in [3.63, 3.8) is 0 Å². The number of hydrogen-bond donors (Lipinski definition) is 0. The maximum absolute atomic E-state index is 13.5. The van der Waals surface area contributed by atoms with Crippen molar-refractivity contribution in [3.05, 3.63) is 18.4 Å². The van der Waals surface area contributed by atoms with Crippen molar-refractivity contribution in [2.75, 3.05) is 0 Å². The maximum atomic E-state index is 13.5. The Labute approximate surface area is 157 Å². The molecule has 0 radical (unpaired) electrons. The van der Waals surface area contributed by atoms with Gasteiger partial charge in [0.2, 0.25) is 0 Å². The van der Waals surface area contributed by atoms with Crippen LogP contribution >= 0.6 is 11.8 Å². The molecule has 4 bridgehead atoms.